The summed E-state index contributed by atoms with van der Waals surface area (Å²) in [4.78, 5) is 0. The van der Waals surface area contributed by atoms with E-state index in [4.69, 9.17) is 12.2 Å². The zero-order chi connectivity index (χ0) is 17.5. The van der Waals surface area contributed by atoms with Gasteiger partial charge in [-0.15, -0.1) is 0 Å². The average molecular weight is 472 g/mol. The Hall–Kier alpha value is -1.97. The molecule has 0 atom stereocenters. The Kier molecular flexibility index (Phi) is 6.71. The van der Waals surface area contributed by atoms with Gasteiger partial charge in [0.05, 0.1) is 12.4 Å². The summed E-state index contributed by atoms with van der Waals surface area (Å²) in [7, 11) is 0. The summed E-state index contributed by atoms with van der Waals surface area (Å²) in [5.74, 6) is 0.205. The molecule has 0 radical (unpaired) electrons. The number of rotatable bonds is 4. The molecule has 0 aromatic heterocycles. The van der Waals surface area contributed by atoms with Crippen LogP contribution in [-0.2, 0) is 0 Å². The van der Waals surface area contributed by atoms with Crippen molar-refractivity contribution in [3.8, 4) is 11.5 Å². The molecule has 2 rings (SSSR count). The molecule has 0 bridgehead atoms. The van der Waals surface area contributed by atoms with Gasteiger partial charge >= 0.3 is 0 Å². The van der Waals surface area contributed by atoms with Crippen molar-refractivity contribution in [3.05, 3.63) is 56.5 Å². The number of phenols is 2. The van der Waals surface area contributed by atoms with E-state index >= 15 is 0 Å². The molecule has 124 valence electrons. The molecule has 0 unspecified atom stereocenters. The van der Waals surface area contributed by atoms with Gasteiger partial charge in [-0.25, -0.2) is 0 Å². The second kappa shape index (κ2) is 8.76. The SMILES string of the molecule is Oc1ccc(Br)cc1/C=N/NC(=S)N/N=C/c1cc(Br)ccc1O. The summed E-state index contributed by atoms with van der Waals surface area (Å²) in [5.41, 5.74) is 6.20. The monoisotopic (exact) mass is 470 g/mol. The molecule has 0 aliphatic carbocycles. The second-order valence-corrected chi connectivity index (χ2v) is 6.72. The van der Waals surface area contributed by atoms with E-state index in [0.29, 0.717) is 11.1 Å². The van der Waals surface area contributed by atoms with Crippen molar-refractivity contribution in [3.63, 3.8) is 0 Å². The van der Waals surface area contributed by atoms with Crippen molar-refractivity contribution in [1.29, 1.82) is 0 Å². The second-order valence-electron chi connectivity index (χ2n) is 4.48. The molecule has 0 aliphatic heterocycles. The molecular weight excluding hydrogens is 460 g/mol. The lowest BCUT2D eigenvalue weighted by molar-refractivity contribution is 0.474. The largest absolute Gasteiger partial charge is 0.507 e. The Balaban J connectivity index is 1.89. The quantitative estimate of drug-likeness (QED) is 0.311. The summed E-state index contributed by atoms with van der Waals surface area (Å²) >= 11 is 11.6. The molecule has 0 saturated carbocycles. The van der Waals surface area contributed by atoms with Crippen molar-refractivity contribution in [2.45, 2.75) is 0 Å². The predicted molar refractivity (Wildman–Crippen MR) is 106 cm³/mol. The maximum atomic E-state index is 9.68. The van der Waals surface area contributed by atoms with Gasteiger partial charge in [-0.05, 0) is 48.6 Å². The molecule has 2 aromatic carbocycles. The molecule has 9 heteroatoms. The number of halogens is 2. The number of hydrazone groups is 2. The van der Waals surface area contributed by atoms with E-state index < -0.39 is 0 Å². The Bertz CT molecular complexity index is 747. The fraction of sp³-hybridized carbons (Fsp3) is 0. The number of benzene rings is 2. The maximum absolute atomic E-state index is 9.68. The summed E-state index contributed by atoms with van der Waals surface area (Å²) in [5, 5.41) is 27.3. The highest BCUT2D eigenvalue weighted by molar-refractivity contribution is 9.10. The van der Waals surface area contributed by atoms with Gasteiger partial charge in [-0.2, -0.15) is 10.2 Å². The molecule has 0 heterocycles. The zero-order valence-electron chi connectivity index (χ0n) is 12.1. The van der Waals surface area contributed by atoms with Gasteiger partial charge in [0.25, 0.3) is 0 Å². The van der Waals surface area contributed by atoms with Crippen LogP contribution in [0.4, 0.5) is 0 Å². The van der Waals surface area contributed by atoms with Gasteiger partial charge < -0.3 is 10.2 Å². The fourth-order valence-corrected chi connectivity index (χ4v) is 2.47. The first kappa shape index (κ1) is 18.4. The topological polar surface area (TPSA) is 89.2 Å². The van der Waals surface area contributed by atoms with Gasteiger partial charge in [-0.1, -0.05) is 31.9 Å². The Labute approximate surface area is 160 Å². The average Bonchev–Trinajstić information content (AvgIpc) is 2.54. The van der Waals surface area contributed by atoms with Crippen LogP contribution in [0.1, 0.15) is 11.1 Å². The van der Waals surface area contributed by atoms with Crippen LogP contribution in [0, 0.1) is 0 Å². The van der Waals surface area contributed by atoms with Crippen molar-refractivity contribution in [2.24, 2.45) is 10.2 Å². The number of phenolic OH excluding ortho intramolecular Hbond substituents is 2. The first-order valence-electron chi connectivity index (χ1n) is 6.55. The number of aromatic hydroxyl groups is 2. The first-order valence-corrected chi connectivity index (χ1v) is 8.54. The van der Waals surface area contributed by atoms with Crippen molar-refractivity contribution in [1.82, 2.24) is 10.9 Å². The molecule has 0 amide bonds. The molecule has 0 aliphatic rings. The highest BCUT2D eigenvalue weighted by Crippen LogP contribution is 2.20. The van der Waals surface area contributed by atoms with Gasteiger partial charge in [-0.3, -0.25) is 10.9 Å². The van der Waals surface area contributed by atoms with Crippen LogP contribution in [0.2, 0.25) is 0 Å². The molecule has 0 saturated heterocycles. The van der Waals surface area contributed by atoms with Crippen LogP contribution in [0.3, 0.4) is 0 Å². The molecule has 2 aromatic rings. The van der Waals surface area contributed by atoms with Crippen LogP contribution in [-0.4, -0.2) is 27.8 Å². The van der Waals surface area contributed by atoms with Crippen LogP contribution in [0.5, 0.6) is 11.5 Å². The van der Waals surface area contributed by atoms with E-state index in [9.17, 15) is 10.2 Å². The van der Waals surface area contributed by atoms with Crippen LogP contribution in [0.15, 0.2) is 55.5 Å². The highest BCUT2D eigenvalue weighted by atomic mass is 79.9. The first-order chi connectivity index (χ1) is 11.5. The fourth-order valence-electron chi connectivity index (χ4n) is 1.60. The minimum Gasteiger partial charge on any atom is -0.507 e. The Morgan fingerprint density at radius 2 is 1.29 bits per heavy atom. The summed E-state index contributed by atoms with van der Waals surface area (Å²) in [6.45, 7) is 0. The minimum absolute atomic E-state index is 0.103. The summed E-state index contributed by atoms with van der Waals surface area (Å²) < 4.78 is 1.64. The standard InChI is InChI=1S/C15H12Br2N4O2S/c16-11-1-3-13(22)9(5-11)7-18-20-15(24)21-19-8-10-6-12(17)2-4-14(10)23/h1-8,22-23H,(H2,20,21,24)/b18-7+,19-8+. The van der Waals surface area contributed by atoms with E-state index in [2.05, 4.69) is 52.9 Å². The minimum atomic E-state index is 0.103. The highest BCUT2D eigenvalue weighted by Gasteiger charge is 2.00. The molecule has 0 fully saturated rings. The van der Waals surface area contributed by atoms with E-state index in [1.54, 1.807) is 36.4 Å². The van der Waals surface area contributed by atoms with Crippen molar-refractivity contribution in [2.75, 3.05) is 0 Å². The third kappa shape index (κ3) is 5.59. The number of hydrogen-bond donors (Lipinski definition) is 4. The molecule has 0 spiro atoms. The maximum Gasteiger partial charge on any atom is 0.207 e. The van der Waals surface area contributed by atoms with Crippen molar-refractivity contribution >= 4 is 61.6 Å². The smallest absolute Gasteiger partial charge is 0.207 e. The Morgan fingerprint density at radius 1 is 0.875 bits per heavy atom. The normalized spacial score (nSPS) is 11.1. The number of thiocarbonyl (C=S) groups is 1. The lowest BCUT2D eigenvalue weighted by atomic mass is 10.2. The Morgan fingerprint density at radius 3 is 1.71 bits per heavy atom. The number of nitrogens with one attached hydrogen (secondary N) is 2. The summed E-state index contributed by atoms with van der Waals surface area (Å²) in [6, 6.07) is 9.97. The van der Waals surface area contributed by atoms with E-state index in [-0.39, 0.29) is 16.6 Å². The third-order valence-corrected chi connectivity index (χ3v) is 3.89. The lowest BCUT2D eigenvalue weighted by Crippen LogP contribution is -2.28. The van der Waals surface area contributed by atoms with Gasteiger partial charge in [0, 0.05) is 20.1 Å². The van der Waals surface area contributed by atoms with Gasteiger partial charge in [0.15, 0.2) is 0 Å². The lowest BCUT2D eigenvalue weighted by Gasteiger charge is -2.03. The van der Waals surface area contributed by atoms with E-state index in [0.717, 1.165) is 8.95 Å². The van der Waals surface area contributed by atoms with Crippen LogP contribution >= 0.6 is 44.1 Å². The molecule has 4 N–H and O–H groups in total. The zero-order valence-corrected chi connectivity index (χ0v) is 16.1. The summed E-state index contributed by atoms with van der Waals surface area (Å²) in [6.07, 6.45) is 2.86. The van der Waals surface area contributed by atoms with E-state index in [1.807, 2.05) is 0 Å². The van der Waals surface area contributed by atoms with Gasteiger partial charge in [0.2, 0.25) is 5.11 Å². The molecule has 6 nitrogen and oxygen atoms in total. The number of hydrogen-bond acceptors (Lipinski definition) is 5. The van der Waals surface area contributed by atoms with Gasteiger partial charge in [0.1, 0.15) is 11.5 Å². The van der Waals surface area contributed by atoms with Crippen LogP contribution < -0.4 is 10.9 Å². The molecular formula is C15H12Br2N4O2S. The number of nitrogens with zero attached hydrogens (tertiary/aromatic N) is 2. The van der Waals surface area contributed by atoms with Crippen LogP contribution in [0.25, 0.3) is 0 Å². The van der Waals surface area contributed by atoms with E-state index in [1.165, 1.54) is 12.4 Å². The van der Waals surface area contributed by atoms with Crippen molar-refractivity contribution < 1.29 is 10.2 Å². The molecule has 24 heavy (non-hydrogen) atoms. The third-order valence-electron chi connectivity index (χ3n) is 2.72. The predicted octanol–water partition coefficient (Wildman–Crippen LogP) is 3.45.